The number of benzene rings is 2. The Hall–Kier alpha value is -3.42. The third-order valence-corrected chi connectivity index (χ3v) is 3.62. The molecule has 0 bridgehead atoms. The van der Waals surface area contributed by atoms with E-state index in [0.29, 0.717) is 22.8 Å². The molecule has 1 heterocycles. The molecule has 1 aliphatic rings. The maximum Gasteiger partial charge on any atom is 0.270 e. The van der Waals surface area contributed by atoms with Crippen molar-refractivity contribution in [3.63, 3.8) is 0 Å². The topological polar surface area (TPSA) is 103 Å². The largest absolute Gasteiger partial charge is 0.454 e. The van der Waals surface area contributed by atoms with Gasteiger partial charge in [0.2, 0.25) is 12.7 Å². The molecule has 8 nitrogen and oxygen atoms in total. The number of fused-ring (bicyclic) bond motifs is 1. The monoisotopic (exact) mass is 341 g/mol. The van der Waals surface area contributed by atoms with Crippen molar-refractivity contribution in [1.29, 1.82) is 0 Å². The molecule has 0 aromatic heterocycles. The molecule has 2 aromatic rings. The lowest BCUT2D eigenvalue weighted by Gasteiger charge is -2.04. The van der Waals surface area contributed by atoms with Crippen LogP contribution >= 0.6 is 0 Å². The van der Waals surface area contributed by atoms with Gasteiger partial charge in [-0.1, -0.05) is 18.2 Å². The molecule has 0 saturated carbocycles. The van der Waals surface area contributed by atoms with Gasteiger partial charge in [0.25, 0.3) is 5.69 Å². The zero-order valence-electron chi connectivity index (χ0n) is 13.4. The molecular weight excluding hydrogens is 326 g/mol. The van der Waals surface area contributed by atoms with Crippen molar-refractivity contribution in [3.8, 4) is 11.5 Å². The number of nitro benzene ring substituents is 1. The number of amides is 1. The molecule has 2 aromatic carbocycles. The Morgan fingerprint density at radius 3 is 2.84 bits per heavy atom. The minimum Gasteiger partial charge on any atom is -0.454 e. The number of ether oxygens (including phenoxy) is 2. The van der Waals surface area contributed by atoms with E-state index in [1.807, 2.05) is 0 Å². The highest BCUT2D eigenvalue weighted by Crippen LogP contribution is 2.32. The van der Waals surface area contributed by atoms with Crippen LogP contribution in [0.1, 0.15) is 18.1 Å². The van der Waals surface area contributed by atoms with E-state index in [1.165, 1.54) is 12.1 Å². The molecule has 25 heavy (non-hydrogen) atoms. The first-order chi connectivity index (χ1) is 12.0. The average Bonchev–Trinajstić information content (AvgIpc) is 3.07. The van der Waals surface area contributed by atoms with Crippen LogP contribution in [0.5, 0.6) is 11.5 Å². The number of nitrogens with one attached hydrogen (secondary N) is 1. The molecule has 1 amide bonds. The van der Waals surface area contributed by atoms with Crippen molar-refractivity contribution in [1.82, 2.24) is 5.43 Å². The van der Waals surface area contributed by atoms with Crippen LogP contribution in [0.4, 0.5) is 5.69 Å². The molecule has 0 unspecified atom stereocenters. The van der Waals surface area contributed by atoms with Gasteiger partial charge in [-0.25, -0.2) is 5.43 Å². The van der Waals surface area contributed by atoms with E-state index in [-0.39, 0.29) is 24.8 Å². The van der Waals surface area contributed by atoms with Gasteiger partial charge in [0.1, 0.15) is 0 Å². The van der Waals surface area contributed by atoms with Crippen LogP contribution in [0, 0.1) is 10.1 Å². The number of hydrazone groups is 1. The van der Waals surface area contributed by atoms with Crippen LogP contribution in [0.25, 0.3) is 0 Å². The minimum absolute atomic E-state index is 0.0289. The predicted octanol–water partition coefficient (Wildman–Crippen LogP) is 2.41. The summed E-state index contributed by atoms with van der Waals surface area (Å²) in [7, 11) is 0. The summed E-state index contributed by atoms with van der Waals surface area (Å²) in [6.45, 7) is 1.84. The van der Waals surface area contributed by atoms with Gasteiger partial charge in [-0.3, -0.25) is 14.9 Å². The minimum atomic E-state index is -0.477. The number of non-ortho nitro benzene ring substituents is 1. The van der Waals surface area contributed by atoms with Gasteiger partial charge in [0.05, 0.1) is 17.1 Å². The van der Waals surface area contributed by atoms with Crippen molar-refractivity contribution in [2.75, 3.05) is 6.79 Å². The molecule has 0 fully saturated rings. The van der Waals surface area contributed by atoms with Crippen LogP contribution in [-0.4, -0.2) is 23.3 Å². The fourth-order valence-corrected chi connectivity index (χ4v) is 2.33. The number of carbonyl (C=O) groups excluding carboxylic acids is 1. The van der Waals surface area contributed by atoms with Gasteiger partial charge >= 0.3 is 0 Å². The lowest BCUT2D eigenvalue weighted by Crippen LogP contribution is -2.21. The average molecular weight is 341 g/mol. The van der Waals surface area contributed by atoms with E-state index in [1.54, 1.807) is 37.3 Å². The molecule has 8 heteroatoms. The summed E-state index contributed by atoms with van der Waals surface area (Å²) in [6.07, 6.45) is 0.127. The summed E-state index contributed by atoms with van der Waals surface area (Å²) in [5.74, 6) is 0.967. The highest BCUT2D eigenvalue weighted by atomic mass is 16.7. The van der Waals surface area contributed by atoms with Crippen LogP contribution < -0.4 is 14.9 Å². The highest BCUT2D eigenvalue weighted by Gasteiger charge is 2.14. The second kappa shape index (κ2) is 7.00. The van der Waals surface area contributed by atoms with Gasteiger partial charge in [0.15, 0.2) is 11.5 Å². The van der Waals surface area contributed by atoms with E-state index in [4.69, 9.17) is 9.47 Å². The van der Waals surface area contributed by atoms with E-state index in [2.05, 4.69) is 10.5 Å². The van der Waals surface area contributed by atoms with Crippen molar-refractivity contribution in [2.45, 2.75) is 13.3 Å². The Kier molecular flexibility index (Phi) is 4.60. The summed E-state index contributed by atoms with van der Waals surface area (Å²) in [5.41, 5.74) is 4.23. The molecule has 0 atom stereocenters. The zero-order chi connectivity index (χ0) is 17.8. The van der Waals surface area contributed by atoms with Gasteiger partial charge in [0, 0.05) is 17.7 Å². The van der Waals surface area contributed by atoms with Crippen molar-refractivity contribution < 1.29 is 19.2 Å². The summed E-state index contributed by atoms with van der Waals surface area (Å²) < 4.78 is 10.5. The van der Waals surface area contributed by atoms with E-state index in [0.717, 1.165) is 5.56 Å². The Labute approximate surface area is 143 Å². The van der Waals surface area contributed by atoms with Gasteiger partial charge in [-0.05, 0) is 24.6 Å². The van der Waals surface area contributed by atoms with E-state index < -0.39 is 4.92 Å². The second-order valence-corrected chi connectivity index (χ2v) is 5.40. The summed E-state index contributed by atoms with van der Waals surface area (Å²) >= 11 is 0. The Morgan fingerprint density at radius 2 is 2.04 bits per heavy atom. The fourth-order valence-electron chi connectivity index (χ4n) is 2.33. The normalized spacial score (nSPS) is 12.8. The van der Waals surface area contributed by atoms with Gasteiger partial charge in [-0.15, -0.1) is 0 Å². The molecular formula is C17H15N3O5. The smallest absolute Gasteiger partial charge is 0.270 e. The molecule has 0 aliphatic carbocycles. The highest BCUT2D eigenvalue weighted by molar-refractivity contribution is 5.99. The quantitative estimate of drug-likeness (QED) is 0.511. The molecule has 128 valence electrons. The summed E-state index contributed by atoms with van der Waals surface area (Å²) in [5, 5.41) is 14.8. The Bertz CT molecular complexity index is 863. The van der Waals surface area contributed by atoms with E-state index in [9.17, 15) is 14.9 Å². The number of rotatable bonds is 5. The zero-order valence-corrected chi connectivity index (χ0v) is 13.4. The number of nitro groups is 1. The first-order valence-electron chi connectivity index (χ1n) is 7.49. The summed E-state index contributed by atoms with van der Waals surface area (Å²) in [4.78, 5) is 22.4. The van der Waals surface area contributed by atoms with Crippen LogP contribution in [0.15, 0.2) is 47.6 Å². The summed E-state index contributed by atoms with van der Waals surface area (Å²) in [6, 6.07) is 11.3. The van der Waals surface area contributed by atoms with Crippen LogP contribution in [0.3, 0.4) is 0 Å². The molecule has 1 aliphatic heterocycles. The van der Waals surface area contributed by atoms with E-state index >= 15 is 0 Å². The first kappa shape index (κ1) is 16.4. The Morgan fingerprint density at radius 1 is 1.24 bits per heavy atom. The Balaban J connectivity index is 1.63. The third-order valence-electron chi connectivity index (χ3n) is 3.62. The molecule has 0 saturated heterocycles. The lowest BCUT2D eigenvalue weighted by molar-refractivity contribution is -0.384. The van der Waals surface area contributed by atoms with Crippen LogP contribution in [-0.2, 0) is 11.2 Å². The lowest BCUT2D eigenvalue weighted by atomic mass is 10.1. The van der Waals surface area contributed by atoms with Gasteiger partial charge in [-0.2, -0.15) is 5.10 Å². The predicted molar refractivity (Wildman–Crippen MR) is 89.7 cm³/mol. The molecule has 1 N–H and O–H groups in total. The molecule has 0 spiro atoms. The number of hydrogen-bond donors (Lipinski definition) is 1. The maximum atomic E-state index is 12.0. The maximum absolute atomic E-state index is 12.0. The standard InChI is InChI=1S/C17H15N3O5/c1-11(13-3-2-4-14(9-13)20(22)23)18-19-17(21)8-12-5-6-15-16(7-12)25-10-24-15/h2-7,9H,8,10H2,1H3,(H,19,21)/b18-11-. The third kappa shape index (κ3) is 3.92. The first-order valence-corrected chi connectivity index (χ1v) is 7.49. The molecule has 3 rings (SSSR count). The van der Waals surface area contributed by atoms with Gasteiger partial charge < -0.3 is 9.47 Å². The second-order valence-electron chi connectivity index (χ2n) is 5.40. The SMILES string of the molecule is C/C(=N/NC(=O)Cc1ccc2c(c1)OCO2)c1cccc([N+](=O)[O-])c1. The number of carbonyl (C=O) groups is 1. The van der Waals surface area contributed by atoms with Crippen LogP contribution in [0.2, 0.25) is 0 Å². The van der Waals surface area contributed by atoms with Crippen molar-refractivity contribution in [2.24, 2.45) is 5.10 Å². The van der Waals surface area contributed by atoms with Crippen molar-refractivity contribution in [3.05, 3.63) is 63.7 Å². The number of hydrogen-bond acceptors (Lipinski definition) is 6. The van der Waals surface area contributed by atoms with Crippen molar-refractivity contribution >= 4 is 17.3 Å². The molecule has 0 radical (unpaired) electrons. The fraction of sp³-hybridized carbons (Fsp3) is 0.176. The number of nitrogens with zero attached hydrogens (tertiary/aromatic N) is 2.